The van der Waals surface area contributed by atoms with Gasteiger partial charge in [0.15, 0.2) is 8.38 Å². The number of rotatable bonds is 5. The summed E-state index contributed by atoms with van der Waals surface area (Å²) >= 11 is 0. The molecule has 1 atom stereocenters. The molecule has 1 aliphatic rings. The van der Waals surface area contributed by atoms with Crippen molar-refractivity contribution in [2.75, 3.05) is 13.2 Å². The van der Waals surface area contributed by atoms with Gasteiger partial charge in [-0.1, -0.05) is 72.8 Å². The van der Waals surface area contributed by atoms with Crippen LogP contribution in [0.25, 0.3) is 16.8 Å². The minimum atomic E-state index is -1.34. The minimum absolute atomic E-state index is 0.114. The van der Waals surface area contributed by atoms with E-state index in [2.05, 4.69) is 17.4 Å². The predicted octanol–water partition coefficient (Wildman–Crippen LogP) is 5.42. The molecule has 0 aliphatic carbocycles. The quantitative estimate of drug-likeness (QED) is 0.591. The number of amides is 1. The van der Waals surface area contributed by atoms with Crippen LogP contribution in [0.15, 0.2) is 79.0 Å². The lowest BCUT2D eigenvalue weighted by Crippen LogP contribution is -2.26. The normalized spacial score (nSPS) is 16.3. The van der Waals surface area contributed by atoms with Crippen molar-refractivity contribution in [3.8, 4) is 0 Å². The van der Waals surface area contributed by atoms with Crippen LogP contribution >= 0.6 is 8.38 Å². The molecule has 0 radical (unpaired) electrons. The SMILES string of the molecule is O=C(N/C=C/c1ccccc1)C(c1cccc2ccccc12)P1OCCCO1. The zero-order valence-corrected chi connectivity index (χ0v) is 16.3. The van der Waals surface area contributed by atoms with Crippen molar-refractivity contribution < 1.29 is 13.8 Å². The minimum Gasteiger partial charge on any atom is -0.333 e. The van der Waals surface area contributed by atoms with Gasteiger partial charge >= 0.3 is 0 Å². The Balaban J connectivity index is 1.63. The van der Waals surface area contributed by atoms with Gasteiger partial charge in [0.2, 0.25) is 5.91 Å². The fourth-order valence-electron chi connectivity index (χ4n) is 3.26. The number of benzene rings is 3. The molecule has 1 unspecified atom stereocenters. The van der Waals surface area contributed by atoms with E-state index in [9.17, 15) is 4.79 Å². The molecule has 0 aromatic heterocycles. The summed E-state index contributed by atoms with van der Waals surface area (Å²) in [7, 11) is -1.34. The Bertz CT molecular complexity index is 963. The van der Waals surface area contributed by atoms with E-state index in [1.54, 1.807) is 6.20 Å². The molecule has 28 heavy (non-hydrogen) atoms. The van der Waals surface area contributed by atoms with Crippen LogP contribution in [0.4, 0.5) is 0 Å². The van der Waals surface area contributed by atoms with Crippen molar-refractivity contribution in [3.05, 3.63) is 90.1 Å². The zero-order valence-electron chi connectivity index (χ0n) is 15.5. The van der Waals surface area contributed by atoms with Gasteiger partial charge in [0.1, 0.15) is 5.66 Å². The number of hydrogen-bond acceptors (Lipinski definition) is 3. The Hall–Kier alpha value is -2.52. The van der Waals surface area contributed by atoms with Gasteiger partial charge in [-0.15, -0.1) is 0 Å². The van der Waals surface area contributed by atoms with Gasteiger partial charge in [-0.2, -0.15) is 0 Å². The van der Waals surface area contributed by atoms with E-state index < -0.39 is 14.0 Å². The van der Waals surface area contributed by atoms with Crippen molar-refractivity contribution in [2.24, 2.45) is 0 Å². The van der Waals surface area contributed by atoms with Crippen LogP contribution in [0.2, 0.25) is 0 Å². The van der Waals surface area contributed by atoms with E-state index in [0.29, 0.717) is 13.2 Å². The first-order valence-electron chi connectivity index (χ1n) is 9.37. The Labute approximate surface area is 166 Å². The highest BCUT2D eigenvalue weighted by molar-refractivity contribution is 7.49. The third-order valence-electron chi connectivity index (χ3n) is 4.60. The van der Waals surface area contributed by atoms with Crippen molar-refractivity contribution in [1.82, 2.24) is 5.32 Å². The van der Waals surface area contributed by atoms with E-state index in [-0.39, 0.29) is 5.91 Å². The van der Waals surface area contributed by atoms with Crippen LogP contribution in [-0.4, -0.2) is 19.1 Å². The molecule has 0 saturated carbocycles. The van der Waals surface area contributed by atoms with Crippen LogP contribution in [-0.2, 0) is 13.8 Å². The second-order valence-electron chi connectivity index (χ2n) is 6.53. The van der Waals surface area contributed by atoms with E-state index in [1.807, 2.05) is 66.7 Å². The van der Waals surface area contributed by atoms with Crippen molar-refractivity contribution in [1.29, 1.82) is 0 Å². The molecule has 0 spiro atoms. The first-order chi connectivity index (χ1) is 13.8. The fraction of sp³-hybridized carbons (Fsp3) is 0.174. The lowest BCUT2D eigenvalue weighted by Gasteiger charge is -2.29. The standard InChI is InChI=1S/C23H22NO3P/c25-23(24-15-14-18-8-2-1-3-9-18)22(28-26-16-7-17-27-28)21-13-6-11-19-10-4-5-12-20(19)21/h1-6,8-15,22H,7,16-17H2,(H,24,25)/b15-14+. The van der Waals surface area contributed by atoms with Gasteiger partial charge in [-0.3, -0.25) is 4.79 Å². The average molecular weight is 391 g/mol. The van der Waals surface area contributed by atoms with Crippen molar-refractivity contribution in [2.45, 2.75) is 12.1 Å². The summed E-state index contributed by atoms with van der Waals surface area (Å²) in [5, 5.41) is 5.08. The molecule has 1 saturated heterocycles. The number of fused-ring (bicyclic) bond motifs is 1. The van der Waals surface area contributed by atoms with Crippen LogP contribution in [0.5, 0.6) is 0 Å². The van der Waals surface area contributed by atoms with E-state index in [1.165, 1.54) is 0 Å². The largest absolute Gasteiger partial charge is 0.333 e. The van der Waals surface area contributed by atoms with Gasteiger partial charge in [-0.05, 0) is 34.4 Å². The van der Waals surface area contributed by atoms with Crippen LogP contribution < -0.4 is 5.32 Å². The van der Waals surface area contributed by atoms with E-state index in [4.69, 9.17) is 9.05 Å². The second kappa shape index (κ2) is 9.11. The maximum atomic E-state index is 13.2. The highest BCUT2D eigenvalue weighted by Gasteiger charge is 2.35. The monoisotopic (exact) mass is 391 g/mol. The lowest BCUT2D eigenvalue weighted by atomic mass is 10.0. The summed E-state index contributed by atoms with van der Waals surface area (Å²) in [5.41, 5.74) is 1.49. The third kappa shape index (κ3) is 4.31. The Morgan fingerprint density at radius 2 is 1.64 bits per heavy atom. The molecule has 0 bridgehead atoms. The Morgan fingerprint density at radius 1 is 0.929 bits per heavy atom. The van der Waals surface area contributed by atoms with Crippen LogP contribution in [0, 0.1) is 0 Å². The smallest absolute Gasteiger partial charge is 0.240 e. The molecular weight excluding hydrogens is 369 g/mol. The zero-order chi connectivity index (χ0) is 19.2. The van der Waals surface area contributed by atoms with Crippen LogP contribution in [0.1, 0.15) is 23.2 Å². The molecule has 1 fully saturated rings. The number of carbonyl (C=O) groups excluding carboxylic acids is 1. The van der Waals surface area contributed by atoms with Crippen molar-refractivity contribution in [3.63, 3.8) is 0 Å². The molecule has 3 aromatic rings. The summed E-state index contributed by atoms with van der Waals surface area (Å²) in [5.74, 6) is -0.114. The summed E-state index contributed by atoms with van der Waals surface area (Å²) in [4.78, 5) is 13.2. The highest BCUT2D eigenvalue weighted by atomic mass is 31.2. The van der Waals surface area contributed by atoms with Crippen molar-refractivity contribution >= 4 is 31.1 Å². The fourth-order valence-corrected chi connectivity index (χ4v) is 4.97. The summed E-state index contributed by atoms with van der Waals surface area (Å²) in [6.45, 7) is 1.25. The molecule has 1 heterocycles. The molecular formula is C23H22NO3P. The second-order valence-corrected chi connectivity index (χ2v) is 8.13. The van der Waals surface area contributed by atoms with Gasteiger partial charge in [0.25, 0.3) is 0 Å². The average Bonchev–Trinajstić information content (AvgIpc) is 2.76. The highest BCUT2D eigenvalue weighted by Crippen LogP contribution is 2.55. The van der Waals surface area contributed by atoms with Gasteiger partial charge in [0, 0.05) is 6.20 Å². The Kier molecular flexibility index (Phi) is 6.13. The first kappa shape index (κ1) is 18.8. The number of hydrogen-bond donors (Lipinski definition) is 1. The molecule has 1 aliphatic heterocycles. The predicted molar refractivity (Wildman–Crippen MR) is 114 cm³/mol. The topological polar surface area (TPSA) is 47.6 Å². The van der Waals surface area contributed by atoms with Gasteiger partial charge < -0.3 is 14.4 Å². The van der Waals surface area contributed by atoms with Gasteiger partial charge in [-0.25, -0.2) is 0 Å². The van der Waals surface area contributed by atoms with E-state index >= 15 is 0 Å². The summed E-state index contributed by atoms with van der Waals surface area (Å²) < 4.78 is 11.8. The molecule has 3 aromatic carbocycles. The molecule has 142 valence electrons. The maximum absolute atomic E-state index is 13.2. The van der Waals surface area contributed by atoms with Gasteiger partial charge in [0.05, 0.1) is 13.2 Å². The maximum Gasteiger partial charge on any atom is 0.240 e. The van der Waals surface area contributed by atoms with Crippen LogP contribution in [0.3, 0.4) is 0 Å². The molecule has 4 nitrogen and oxygen atoms in total. The third-order valence-corrected chi connectivity index (χ3v) is 6.41. The molecule has 5 heteroatoms. The first-order valence-corrected chi connectivity index (χ1v) is 10.6. The summed E-state index contributed by atoms with van der Waals surface area (Å²) in [6.07, 6.45) is 4.43. The Morgan fingerprint density at radius 3 is 2.46 bits per heavy atom. The number of nitrogens with one attached hydrogen (secondary N) is 1. The molecule has 1 N–H and O–H groups in total. The number of carbonyl (C=O) groups is 1. The molecule has 1 amide bonds. The van der Waals surface area contributed by atoms with E-state index in [0.717, 1.165) is 28.3 Å². The molecule has 4 rings (SSSR count). The summed E-state index contributed by atoms with van der Waals surface area (Å²) in [6, 6.07) is 24.0. The lowest BCUT2D eigenvalue weighted by molar-refractivity contribution is -0.120.